The lowest BCUT2D eigenvalue weighted by Gasteiger charge is -2.28. The van der Waals surface area contributed by atoms with Gasteiger partial charge in [-0.3, -0.25) is 9.59 Å². The summed E-state index contributed by atoms with van der Waals surface area (Å²) in [6.07, 6.45) is 3.38. The van der Waals surface area contributed by atoms with Gasteiger partial charge in [0, 0.05) is 0 Å². The summed E-state index contributed by atoms with van der Waals surface area (Å²) < 4.78 is 0. The zero-order valence-electron chi connectivity index (χ0n) is 12.9. The van der Waals surface area contributed by atoms with Crippen LogP contribution in [-0.2, 0) is 9.59 Å². The number of aliphatic carboxylic acids is 1. The molecule has 0 bridgehead atoms. The number of carbonyl (C=O) groups is 3. The number of hydrogen-bond acceptors (Lipinski definition) is 7. The minimum absolute atomic E-state index is 0.0279. The van der Waals surface area contributed by atoms with Crippen LogP contribution in [0.1, 0.15) is 17.3 Å². The summed E-state index contributed by atoms with van der Waals surface area (Å²) in [6, 6.07) is 3.54. The molecule has 130 valence electrons. The van der Waals surface area contributed by atoms with E-state index in [-0.39, 0.29) is 16.9 Å². The molecule has 0 spiro atoms. The predicted octanol–water partition coefficient (Wildman–Crippen LogP) is 1.65. The standard InChI is InChI=1S/C16H14N2O7/c1-8(19)16(25)7-10(2-4-12(16)15(23)24)18-17-9-3-5-13(20)11(6-9)14(21)22/h2-7,12,20,25H,1H3,(H,21,22)(H,23,24). The van der Waals surface area contributed by atoms with E-state index in [0.717, 1.165) is 31.2 Å². The second-order valence-corrected chi connectivity index (χ2v) is 5.33. The van der Waals surface area contributed by atoms with E-state index in [4.69, 9.17) is 10.2 Å². The first kappa shape index (κ1) is 18.0. The number of carboxylic acids is 2. The molecule has 1 aliphatic carbocycles. The van der Waals surface area contributed by atoms with Gasteiger partial charge in [-0.2, -0.15) is 10.2 Å². The monoisotopic (exact) mass is 346 g/mol. The number of ketones is 1. The van der Waals surface area contributed by atoms with Crippen LogP contribution in [-0.4, -0.2) is 43.7 Å². The second-order valence-electron chi connectivity index (χ2n) is 5.33. The predicted molar refractivity (Wildman–Crippen MR) is 83.6 cm³/mol. The van der Waals surface area contributed by atoms with Crippen molar-refractivity contribution in [1.29, 1.82) is 0 Å². The van der Waals surface area contributed by atoms with E-state index in [1.807, 2.05) is 0 Å². The topological polar surface area (TPSA) is 157 Å². The number of hydrogen-bond donors (Lipinski definition) is 4. The molecule has 9 heteroatoms. The van der Waals surface area contributed by atoms with Crippen LogP contribution in [0.5, 0.6) is 5.75 Å². The number of carboxylic acid groups (broad SMARTS) is 2. The summed E-state index contributed by atoms with van der Waals surface area (Å²) in [6.45, 7) is 1.06. The third-order valence-electron chi connectivity index (χ3n) is 3.62. The highest BCUT2D eigenvalue weighted by Crippen LogP contribution is 2.30. The molecule has 0 saturated heterocycles. The second kappa shape index (κ2) is 6.65. The maximum Gasteiger partial charge on any atom is 0.339 e. The van der Waals surface area contributed by atoms with Crippen LogP contribution in [0, 0.1) is 5.92 Å². The average Bonchev–Trinajstić information content (AvgIpc) is 2.53. The molecule has 0 aromatic heterocycles. The lowest BCUT2D eigenvalue weighted by molar-refractivity contribution is -0.152. The Labute approximate surface area is 141 Å². The van der Waals surface area contributed by atoms with Crippen LogP contribution in [0.2, 0.25) is 0 Å². The van der Waals surface area contributed by atoms with Crippen molar-refractivity contribution in [2.45, 2.75) is 12.5 Å². The number of benzene rings is 1. The molecule has 2 unspecified atom stereocenters. The van der Waals surface area contributed by atoms with E-state index in [9.17, 15) is 24.6 Å². The van der Waals surface area contributed by atoms with E-state index in [2.05, 4.69) is 10.2 Å². The summed E-state index contributed by atoms with van der Waals surface area (Å²) >= 11 is 0. The summed E-state index contributed by atoms with van der Waals surface area (Å²) in [5, 5.41) is 45.3. The van der Waals surface area contributed by atoms with Crippen LogP contribution < -0.4 is 0 Å². The van der Waals surface area contributed by atoms with Gasteiger partial charge in [-0.05, 0) is 37.3 Å². The maximum absolute atomic E-state index is 11.7. The third kappa shape index (κ3) is 3.61. The van der Waals surface area contributed by atoms with E-state index < -0.39 is 35.0 Å². The van der Waals surface area contributed by atoms with Gasteiger partial charge in [0.2, 0.25) is 0 Å². The molecule has 0 saturated carbocycles. The highest BCUT2D eigenvalue weighted by Gasteiger charge is 2.44. The van der Waals surface area contributed by atoms with Crippen molar-refractivity contribution in [3.63, 3.8) is 0 Å². The van der Waals surface area contributed by atoms with Crippen LogP contribution in [0.15, 0.2) is 52.4 Å². The molecule has 9 nitrogen and oxygen atoms in total. The lowest BCUT2D eigenvalue weighted by atomic mass is 9.80. The van der Waals surface area contributed by atoms with Crippen molar-refractivity contribution < 1.29 is 34.8 Å². The number of carbonyl (C=O) groups excluding carboxylic acids is 1. The van der Waals surface area contributed by atoms with Crippen molar-refractivity contribution in [1.82, 2.24) is 0 Å². The molecule has 1 aromatic carbocycles. The Bertz CT molecular complexity index is 841. The number of phenols is 1. The Balaban J connectivity index is 2.34. The average molecular weight is 346 g/mol. The number of nitrogens with zero attached hydrogens (tertiary/aromatic N) is 2. The van der Waals surface area contributed by atoms with Crippen molar-refractivity contribution >= 4 is 23.4 Å². The Kier molecular flexibility index (Phi) is 4.79. The van der Waals surface area contributed by atoms with Gasteiger partial charge in [-0.15, -0.1) is 0 Å². The first-order valence-electron chi connectivity index (χ1n) is 7.00. The van der Waals surface area contributed by atoms with E-state index in [1.165, 1.54) is 12.1 Å². The van der Waals surface area contributed by atoms with Gasteiger partial charge in [0.25, 0.3) is 0 Å². The molecule has 2 rings (SSSR count). The fraction of sp³-hybridized carbons (Fsp3) is 0.188. The van der Waals surface area contributed by atoms with Crippen LogP contribution >= 0.6 is 0 Å². The minimum Gasteiger partial charge on any atom is -0.507 e. The molecule has 4 N–H and O–H groups in total. The molecular formula is C16H14N2O7. The molecule has 0 aliphatic heterocycles. The summed E-state index contributed by atoms with van der Waals surface area (Å²) in [5.41, 5.74) is -2.48. The zero-order chi connectivity index (χ0) is 18.8. The Morgan fingerprint density at radius 2 is 1.84 bits per heavy atom. The molecule has 1 aromatic rings. The third-order valence-corrected chi connectivity index (χ3v) is 3.62. The highest BCUT2D eigenvalue weighted by atomic mass is 16.4. The van der Waals surface area contributed by atoms with Gasteiger partial charge in [-0.1, -0.05) is 6.08 Å². The molecule has 25 heavy (non-hydrogen) atoms. The number of azo groups is 1. The molecule has 2 atom stereocenters. The molecule has 1 aliphatic rings. The molecule has 0 radical (unpaired) electrons. The van der Waals surface area contributed by atoms with Crippen LogP contribution in [0.4, 0.5) is 5.69 Å². The fourth-order valence-electron chi connectivity index (χ4n) is 2.23. The highest BCUT2D eigenvalue weighted by molar-refractivity contribution is 5.94. The van der Waals surface area contributed by atoms with Gasteiger partial charge in [0.1, 0.15) is 17.2 Å². The Hall–Kier alpha value is -3.33. The Morgan fingerprint density at radius 3 is 2.40 bits per heavy atom. The number of aliphatic hydroxyl groups is 1. The SMILES string of the molecule is CC(=O)C1(O)C=C(N=Nc2ccc(O)c(C(=O)O)c2)C=CC1C(=O)O. The van der Waals surface area contributed by atoms with Crippen molar-refractivity contribution in [2.75, 3.05) is 0 Å². The maximum atomic E-state index is 11.7. The van der Waals surface area contributed by atoms with Crippen molar-refractivity contribution in [3.05, 3.63) is 47.7 Å². The van der Waals surface area contributed by atoms with Gasteiger partial charge < -0.3 is 20.4 Å². The normalized spacial score (nSPS) is 22.6. The smallest absolute Gasteiger partial charge is 0.339 e. The molecule has 0 fully saturated rings. The van der Waals surface area contributed by atoms with Gasteiger partial charge in [-0.25, -0.2) is 4.79 Å². The van der Waals surface area contributed by atoms with Crippen molar-refractivity contribution in [3.8, 4) is 5.75 Å². The first-order valence-corrected chi connectivity index (χ1v) is 7.00. The van der Waals surface area contributed by atoms with Crippen LogP contribution in [0.3, 0.4) is 0 Å². The fourth-order valence-corrected chi connectivity index (χ4v) is 2.23. The first-order chi connectivity index (χ1) is 11.6. The van der Waals surface area contributed by atoms with Crippen molar-refractivity contribution in [2.24, 2.45) is 16.1 Å². The summed E-state index contributed by atoms with van der Waals surface area (Å²) in [4.78, 5) is 33.8. The van der Waals surface area contributed by atoms with E-state index >= 15 is 0 Å². The number of aromatic hydroxyl groups is 1. The number of Topliss-reactive ketones (excluding diaryl/α,β-unsaturated/α-hetero) is 1. The van der Waals surface area contributed by atoms with Crippen LogP contribution in [0.25, 0.3) is 0 Å². The molecule has 0 heterocycles. The van der Waals surface area contributed by atoms with Gasteiger partial charge in [0.05, 0.1) is 11.4 Å². The van der Waals surface area contributed by atoms with E-state index in [0.29, 0.717) is 0 Å². The van der Waals surface area contributed by atoms with E-state index in [1.54, 1.807) is 0 Å². The lowest BCUT2D eigenvalue weighted by Crippen LogP contribution is -2.47. The molecular weight excluding hydrogens is 332 g/mol. The quantitative estimate of drug-likeness (QED) is 0.590. The summed E-state index contributed by atoms with van der Waals surface area (Å²) in [7, 11) is 0. The number of allylic oxidation sites excluding steroid dienone is 1. The number of aromatic carboxylic acids is 1. The number of rotatable bonds is 5. The summed E-state index contributed by atoms with van der Waals surface area (Å²) in [5.74, 6) is -5.36. The molecule has 0 amide bonds. The minimum atomic E-state index is -2.25. The zero-order valence-corrected chi connectivity index (χ0v) is 12.9. The van der Waals surface area contributed by atoms with Gasteiger partial charge >= 0.3 is 11.9 Å². The largest absolute Gasteiger partial charge is 0.507 e. The Morgan fingerprint density at radius 1 is 1.16 bits per heavy atom. The van der Waals surface area contributed by atoms with Gasteiger partial charge in [0.15, 0.2) is 11.4 Å².